The Balaban J connectivity index is 2.54. The van der Waals surface area contributed by atoms with E-state index in [2.05, 4.69) is 37.3 Å². The molecule has 0 atom stereocenters. The summed E-state index contributed by atoms with van der Waals surface area (Å²) in [6.45, 7) is 2.22. The minimum Gasteiger partial charge on any atom is -0.122 e. The van der Waals surface area contributed by atoms with Crippen LogP contribution in [0.5, 0.6) is 0 Å². The maximum absolute atomic E-state index is 5.56. The van der Waals surface area contributed by atoms with Crippen molar-refractivity contribution in [3.63, 3.8) is 0 Å². The SMILES string of the molecule is CCCCc1ccc(C=CCCl)cc1. The largest absolute Gasteiger partial charge is 0.122 e. The Bertz CT molecular complexity index is 272. The summed E-state index contributed by atoms with van der Waals surface area (Å²) >= 11 is 5.56. The number of alkyl halides is 1. The lowest BCUT2D eigenvalue weighted by molar-refractivity contribution is 0.795. The predicted molar refractivity (Wildman–Crippen MR) is 64.8 cm³/mol. The van der Waals surface area contributed by atoms with Crippen LogP contribution in [0, 0.1) is 0 Å². The van der Waals surface area contributed by atoms with Gasteiger partial charge >= 0.3 is 0 Å². The van der Waals surface area contributed by atoms with E-state index in [9.17, 15) is 0 Å². The molecule has 0 saturated carbocycles. The Morgan fingerprint density at radius 3 is 2.50 bits per heavy atom. The van der Waals surface area contributed by atoms with Gasteiger partial charge in [0, 0.05) is 5.88 Å². The van der Waals surface area contributed by atoms with Crippen LogP contribution in [0.4, 0.5) is 0 Å². The second-order valence-electron chi connectivity index (χ2n) is 3.40. The lowest BCUT2D eigenvalue weighted by Gasteiger charge is -2.00. The van der Waals surface area contributed by atoms with Crippen LogP contribution in [-0.4, -0.2) is 5.88 Å². The Morgan fingerprint density at radius 2 is 1.93 bits per heavy atom. The van der Waals surface area contributed by atoms with E-state index < -0.39 is 0 Å². The minimum atomic E-state index is 0.581. The molecule has 1 rings (SSSR count). The highest BCUT2D eigenvalue weighted by Crippen LogP contribution is 2.09. The molecule has 0 aliphatic carbocycles. The molecule has 0 N–H and O–H groups in total. The van der Waals surface area contributed by atoms with E-state index in [1.807, 2.05) is 6.08 Å². The second kappa shape index (κ2) is 6.67. The standard InChI is InChI=1S/C13H17Cl/c1-2-3-5-12-7-9-13(10-8-12)6-4-11-14/h4,6-10H,2-3,5,11H2,1H3. The first-order valence-electron chi connectivity index (χ1n) is 5.18. The first-order chi connectivity index (χ1) is 6.86. The first-order valence-corrected chi connectivity index (χ1v) is 5.71. The molecule has 0 radical (unpaired) electrons. The third-order valence-corrected chi connectivity index (χ3v) is 2.38. The molecule has 1 heteroatoms. The van der Waals surface area contributed by atoms with Gasteiger partial charge in [0.2, 0.25) is 0 Å². The molecule has 0 unspecified atom stereocenters. The summed E-state index contributed by atoms with van der Waals surface area (Å²) in [7, 11) is 0. The molecular weight excluding hydrogens is 192 g/mol. The molecular formula is C13H17Cl. The number of halogens is 1. The summed E-state index contributed by atoms with van der Waals surface area (Å²) in [6, 6.07) is 8.69. The number of hydrogen-bond donors (Lipinski definition) is 0. The van der Waals surface area contributed by atoms with Gasteiger partial charge in [-0.2, -0.15) is 0 Å². The van der Waals surface area contributed by atoms with Crippen molar-refractivity contribution in [2.24, 2.45) is 0 Å². The molecule has 0 amide bonds. The van der Waals surface area contributed by atoms with E-state index >= 15 is 0 Å². The van der Waals surface area contributed by atoms with Gasteiger partial charge in [-0.05, 0) is 24.0 Å². The Kier molecular flexibility index (Phi) is 5.39. The molecule has 0 spiro atoms. The number of benzene rings is 1. The number of aryl methyl sites for hydroxylation is 1. The summed E-state index contributed by atoms with van der Waals surface area (Å²) < 4.78 is 0. The summed E-state index contributed by atoms with van der Waals surface area (Å²) in [5.41, 5.74) is 2.65. The smallest absolute Gasteiger partial charge is 0.0407 e. The van der Waals surface area contributed by atoms with Crippen LogP contribution < -0.4 is 0 Å². The molecule has 0 fully saturated rings. The summed E-state index contributed by atoms with van der Waals surface area (Å²) in [6.07, 6.45) is 7.74. The number of hydrogen-bond acceptors (Lipinski definition) is 0. The maximum atomic E-state index is 5.56. The van der Waals surface area contributed by atoms with E-state index in [1.54, 1.807) is 0 Å². The van der Waals surface area contributed by atoms with Crippen molar-refractivity contribution in [3.8, 4) is 0 Å². The van der Waals surface area contributed by atoms with Gasteiger partial charge < -0.3 is 0 Å². The van der Waals surface area contributed by atoms with Crippen LogP contribution in [0.25, 0.3) is 6.08 Å². The van der Waals surface area contributed by atoms with Gasteiger partial charge in [-0.1, -0.05) is 49.8 Å². The molecule has 0 nitrogen and oxygen atoms in total. The Hall–Kier alpha value is -0.750. The lowest BCUT2D eigenvalue weighted by atomic mass is 10.1. The van der Waals surface area contributed by atoms with Gasteiger partial charge in [0.1, 0.15) is 0 Å². The summed E-state index contributed by atoms with van der Waals surface area (Å²) in [5.74, 6) is 0.581. The highest BCUT2D eigenvalue weighted by molar-refractivity contribution is 6.19. The van der Waals surface area contributed by atoms with E-state index in [1.165, 1.54) is 30.4 Å². The molecule has 0 aliphatic rings. The number of unbranched alkanes of at least 4 members (excludes halogenated alkanes) is 1. The monoisotopic (exact) mass is 208 g/mol. The van der Waals surface area contributed by atoms with Gasteiger partial charge in [0.25, 0.3) is 0 Å². The molecule has 0 aliphatic heterocycles. The van der Waals surface area contributed by atoms with Gasteiger partial charge in [-0.25, -0.2) is 0 Å². The quantitative estimate of drug-likeness (QED) is 0.634. The fraction of sp³-hybridized carbons (Fsp3) is 0.385. The number of allylic oxidation sites excluding steroid dienone is 1. The predicted octanol–water partition coefficient (Wildman–Crippen LogP) is 4.28. The van der Waals surface area contributed by atoms with Crippen LogP contribution in [0.1, 0.15) is 30.9 Å². The molecule has 0 aromatic heterocycles. The van der Waals surface area contributed by atoms with Gasteiger partial charge in [-0.15, -0.1) is 11.6 Å². The maximum Gasteiger partial charge on any atom is 0.0407 e. The molecule has 0 bridgehead atoms. The van der Waals surface area contributed by atoms with Crippen LogP contribution in [0.2, 0.25) is 0 Å². The molecule has 0 saturated heterocycles. The van der Waals surface area contributed by atoms with E-state index in [0.29, 0.717) is 5.88 Å². The number of rotatable bonds is 5. The molecule has 0 heterocycles. The average molecular weight is 209 g/mol. The van der Waals surface area contributed by atoms with E-state index in [4.69, 9.17) is 11.6 Å². The third kappa shape index (κ3) is 3.97. The fourth-order valence-electron chi connectivity index (χ4n) is 1.36. The average Bonchev–Trinajstić information content (AvgIpc) is 2.25. The topological polar surface area (TPSA) is 0 Å². The van der Waals surface area contributed by atoms with Crippen molar-refractivity contribution < 1.29 is 0 Å². The Morgan fingerprint density at radius 1 is 1.21 bits per heavy atom. The highest BCUT2D eigenvalue weighted by Gasteiger charge is 1.91. The molecule has 76 valence electrons. The van der Waals surface area contributed by atoms with Crippen molar-refractivity contribution in [2.75, 3.05) is 5.88 Å². The van der Waals surface area contributed by atoms with Crippen molar-refractivity contribution in [1.29, 1.82) is 0 Å². The van der Waals surface area contributed by atoms with Crippen molar-refractivity contribution in [1.82, 2.24) is 0 Å². The zero-order valence-electron chi connectivity index (χ0n) is 8.67. The first kappa shape index (κ1) is 11.3. The normalized spacial score (nSPS) is 11.0. The summed E-state index contributed by atoms with van der Waals surface area (Å²) in [4.78, 5) is 0. The van der Waals surface area contributed by atoms with Crippen molar-refractivity contribution >= 4 is 17.7 Å². The second-order valence-corrected chi connectivity index (χ2v) is 3.71. The van der Waals surface area contributed by atoms with Crippen LogP contribution in [0.15, 0.2) is 30.3 Å². The molecule has 1 aromatic carbocycles. The van der Waals surface area contributed by atoms with Crippen LogP contribution >= 0.6 is 11.6 Å². The van der Waals surface area contributed by atoms with Crippen LogP contribution in [0.3, 0.4) is 0 Å². The lowest BCUT2D eigenvalue weighted by Crippen LogP contribution is -1.84. The van der Waals surface area contributed by atoms with Gasteiger partial charge in [-0.3, -0.25) is 0 Å². The molecule has 1 aromatic rings. The van der Waals surface area contributed by atoms with Gasteiger partial charge in [0.05, 0.1) is 0 Å². The molecule has 14 heavy (non-hydrogen) atoms. The summed E-state index contributed by atoms with van der Waals surface area (Å²) in [5, 5.41) is 0. The van der Waals surface area contributed by atoms with E-state index in [-0.39, 0.29) is 0 Å². The minimum absolute atomic E-state index is 0.581. The van der Waals surface area contributed by atoms with Gasteiger partial charge in [0.15, 0.2) is 0 Å². The zero-order valence-corrected chi connectivity index (χ0v) is 9.43. The fourth-order valence-corrected chi connectivity index (χ4v) is 1.45. The zero-order chi connectivity index (χ0) is 10.2. The Labute approximate surface area is 91.6 Å². The van der Waals surface area contributed by atoms with Crippen molar-refractivity contribution in [3.05, 3.63) is 41.5 Å². The van der Waals surface area contributed by atoms with Crippen molar-refractivity contribution in [2.45, 2.75) is 26.2 Å². The highest BCUT2D eigenvalue weighted by atomic mass is 35.5. The van der Waals surface area contributed by atoms with Crippen LogP contribution in [-0.2, 0) is 6.42 Å². The third-order valence-electron chi connectivity index (χ3n) is 2.20. The van der Waals surface area contributed by atoms with E-state index in [0.717, 1.165) is 0 Å².